The van der Waals surface area contributed by atoms with Gasteiger partial charge in [0.05, 0.1) is 6.04 Å². The van der Waals surface area contributed by atoms with Crippen LogP contribution in [0.2, 0.25) is 0 Å². The van der Waals surface area contributed by atoms with Crippen molar-refractivity contribution in [2.24, 2.45) is 5.73 Å². The molecule has 1 fully saturated rings. The number of hydrogen-bond donors (Lipinski definition) is 2. The monoisotopic (exact) mass is 277 g/mol. The second-order valence-corrected chi connectivity index (χ2v) is 5.10. The molecule has 2 atom stereocenters. The Morgan fingerprint density at radius 2 is 2.05 bits per heavy atom. The molecule has 1 heterocycles. The number of cyclic esters (lactones) is 1. The molecular weight excluding hydrogens is 258 g/mol. The number of carbonyl (C=O) groups is 2. The number of Topliss-reactive ketones (excluding diaryl/α,β-unsaturated/α-hetero) is 1. The van der Waals surface area contributed by atoms with E-state index in [9.17, 15) is 14.7 Å². The highest BCUT2D eigenvalue weighted by atomic mass is 16.5. The first kappa shape index (κ1) is 14.5. The molecule has 5 nitrogen and oxygen atoms in total. The van der Waals surface area contributed by atoms with Crippen molar-refractivity contribution in [3.8, 4) is 5.75 Å². The summed E-state index contributed by atoms with van der Waals surface area (Å²) in [7, 11) is 0. The molecule has 0 radical (unpaired) electrons. The molecular formula is C15H19NO4. The van der Waals surface area contributed by atoms with Crippen LogP contribution in [0.1, 0.15) is 31.2 Å². The number of hydrogen-bond acceptors (Lipinski definition) is 5. The first-order valence-corrected chi connectivity index (χ1v) is 6.83. The Labute approximate surface area is 117 Å². The fourth-order valence-corrected chi connectivity index (χ4v) is 2.30. The topological polar surface area (TPSA) is 89.6 Å². The Bertz CT molecular complexity index is 483. The first-order chi connectivity index (χ1) is 9.56. The van der Waals surface area contributed by atoms with Gasteiger partial charge in [0, 0.05) is 6.42 Å². The average molecular weight is 277 g/mol. The molecule has 1 aromatic carbocycles. The maximum Gasteiger partial charge on any atom is 0.306 e. The van der Waals surface area contributed by atoms with Crippen LogP contribution in [-0.4, -0.2) is 29.0 Å². The number of carbonyl (C=O) groups excluding carboxylic acids is 2. The molecule has 2 rings (SSSR count). The molecule has 1 aromatic rings. The minimum absolute atomic E-state index is 0.173. The van der Waals surface area contributed by atoms with Gasteiger partial charge in [0.25, 0.3) is 0 Å². The third-order valence-corrected chi connectivity index (χ3v) is 3.45. The standard InChI is InChI=1S/C15H19NO4/c16-12(9-10-5-7-11(17)8-6-10)15(19)13-3-1-2-4-14(18)20-13/h5-8,12-13,17H,1-4,9,16H2/t12-,13?/m0/s1. The molecule has 0 spiro atoms. The van der Waals surface area contributed by atoms with Crippen molar-refractivity contribution in [1.82, 2.24) is 0 Å². The van der Waals surface area contributed by atoms with E-state index in [2.05, 4.69) is 0 Å². The van der Waals surface area contributed by atoms with E-state index >= 15 is 0 Å². The van der Waals surface area contributed by atoms with Crippen LogP contribution in [0.4, 0.5) is 0 Å². The molecule has 0 aliphatic carbocycles. The predicted octanol–water partition coefficient (Wildman–Crippen LogP) is 1.32. The van der Waals surface area contributed by atoms with E-state index < -0.39 is 12.1 Å². The van der Waals surface area contributed by atoms with Crippen LogP contribution in [-0.2, 0) is 20.7 Å². The number of ether oxygens (including phenoxy) is 1. The Kier molecular flexibility index (Phi) is 4.74. The van der Waals surface area contributed by atoms with Gasteiger partial charge in [0.2, 0.25) is 0 Å². The summed E-state index contributed by atoms with van der Waals surface area (Å²) >= 11 is 0. The average Bonchev–Trinajstić information content (AvgIpc) is 2.65. The highest BCUT2D eigenvalue weighted by molar-refractivity contribution is 5.90. The SMILES string of the molecule is N[C@@H](Cc1ccc(O)cc1)C(=O)C1CCCCC(=O)O1. The lowest BCUT2D eigenvalue weighted by Crippen LogP contribution is -2.41. The number of phenolic OH excluding ortho intramolecular Hbond substituents is 1. The van der Waals surface area contributed by atoms with Crippen molar-refractivity contribution in [1.29, 1.82) is 0 Å². The number of nitrogens with two attached hydrogens (primary N) is 1. The minimum Gasteiger partial charge on any atom is -0.508 e. The molecule has 20 heavy (non-hydrogen) atoms. The van der Waals surface area contributed by atoms with Crippen molar-refractivity contribution < 1.29 is 19.4 Å². The van der Waals surface area contributed by atoms with E-state index in [4.69, 9.17) is 10.5 Å². The van der Waals surface area contributed by atoms with Gasteiger partial charge in [0.1, 0.15) is 5.75 Å². The fourth-order valence-electron chi connectivity index (χ4n) is 2.30. The molecule has 108 valence electrons. The molecule has 0 amide bonds. The van der Waals surface area contributed by atoms with Crippen molar-refractivity contribution in [3.05, 3.63) is 29.8 Å². The van der Waals surface area contributed by atoms with Gasteiger partial charge in [-0.2, -0.15) is 0 Å². The van der Waals surface area contributed by atoms with E-state index in [1.807, 2.05) is 0 Å². The number of phenols is 1. The molecule has 3 N–H and O–H groups in total. The van der Waals surface area contributed by atoms with Crippen LogP contribution in [0.25, 0.3) is 0 Å². The molecule has 0 saturated carbocycles. The molecule has 1 saturated heterocycles. The summed E-state index contributed by atoms with van der Waals surface area (Å²) in [4.78, 5) is 23.6. The van der Waals surface area contributed by atoms with Gasteiger partial charge in [-0.15, -0.1) is 0 Å². The van der Waals surface area contributed by atoms with E-state index in [0.717, 1.165) is 18.4 Å². The second-order valence-electron chi connectivity index (χ2n) is 5.10. The maximum atomic E-state index is 12.2. The second kappa shape index (κ2) is 6.52. The Balaban J connectivity index is 1.97. The quantitative estimate of drug-likeness (QED) is 0.810. The summed E-state index contributed by atoms with van der Waals surface area (Å²) in [6.45, 7) is 0. The lowest BCUT2D eigenvalue weighted by Gasteiger charge is -2.18. The van der Waals surface area contributed by atoms with Gasteiger partial charge in [-0.1, -0.05) is 12.1 Å². The molecule has 1 aliphatic rings. The summed E-state index contributed by atoms with van der Waals surface area (Å²) in [5.41, 5.74) is 6.78. The summed E-state index contributed by atoms with van der Waals surface area (Å²) in [6, 6.07) is 5.86. The zero-order valence-corrected chi connectivity index (χ0v) is 11.2. The molecule has 1 unspecified atom stereocenters. The Morgan fingerprint density at radius 1 is 1.35 bits per heavy atom. The number of rotatable bonds is 4. The summed E-state index contributed by atoms with van der Waals surface area (Å²) in [6.07, 6.45) is 2.14. The van der Waals surface area contributed by atoms with E-state index in [-0.39, 0.29) is 17.5 Å². The zero-order valence-electron chi connectivity index (χ0n) is 11.2. The predicted molar refractivity (Wildman–Crippen MR) is 73.1 cm³/mol. The molecule has 1 aliphatic heterocycles. The van der Waals surface area contributed by atoms with Crippen molar-refractivity contribution >= 4 is 11.8 Å². The summed E-state index contributed by atoms with van der Waals surface area (Å²) in [5, 5.41) is 9.21. The third kappa shape index (κ3) is 3.81. The Hall–Kier alpha value is -1.88. The van der Waals surface area contributed by atoms with Crippen LogP contribution in [0.5, 0.6) is 5.75 Å². The third-order valence-electron chi connectivity index (χ3n) is 3.45. The van der Waals surface area contributed by atoms with Crippen molar-refractivity contribution in [2.75, 3.05) is 0 Å². The van der Waals surface area contributed by atoms with E-state index in [0.29, 0.717) is 19.3 Å². The smallest absolute Gasteiger partial charge is 0.306 e. The van der Waals surface area contributed by atoms with Crippen molar-refractivity contribution in [2.45, 2.75) is 44.2 Å². The van der Waals surface area contributed by atoms with Gasteiger partial charge < -0.3 is 15.6 Å². The largest absolute Gasteiger partial charge is 0.508 e. The molecule has 5 heteroatoms. The lowest BCUT2D eigenvalue weighted by molar-refractivity contribution is -0.154. The highest BCUT2D eigenvalue weighted by Crippen LogP contribution is 2.17. The van der Waals surface area contributed by atoms with Crippen LogP contribution in [0, 0.1) is 0 Å². The summed E-state index contributed by atoms with van der Waals surface area (Å²) in [5.74, 6) is -0.377. The highest BCUT2D eigenvalue weighted by Gasteiger charge is 2.29. The number of esters is 1. The van der Waals surface area contributed by atoms with Crippen LogP contribution >= 0.6 is 0 Å². The maximum absolute atomic E-state index is 12.2. The minimum atomic E-state index is -0.711. The van der Waals surface area contributed by atoms with Crippen LogP contribution in [0.3, 0.4) is 0 Å². The fraction of sp³-hybridized carbons (Fsp3) is 0.467. The summed E-state index contributed by atoms with van der Waals surface area (Å²) < 4.78 is 5.14. The zero-order chi connectivity index (χ0) is 14.5. The van der Waals surface area contributed by atoms with Gasteiger partial charge >= 0.3 is 5.97 Å². The van der Waals surface area contributed by atoms with Gasteiger partial charge in [-0.05, 0) is 43.4 Å². The Morgan fingerprint density at radius 3 is 2.75 bits per heavy atom. The van der Waals surface area contributed by atoms with Crippen LogP contribution in [0.15, 0.2) is 24.3 Å². The number of ketones is 1. The van der Waals surface area contributed by atoms with E-state index in [1.54, 1.807) is 24.3 Å². The van der Waals surface area contributed by atoms with Gasteiger partial charge in [-0.3, -0.25) is 9.59 Å². The first-order valence-electron chi connectivity index (χ1n) is 6.83. The van der Waals surface area contributed by atoms with Crippen molar-refractivity contribution in [3.63, 3.8) is 0 Å². The molecule has 0 bridgehead atoms. The lowest BCUT2D eigenvalue weighted by atomic mass is 9.97. The number of benzene rings is 1. The molecule has 0 aromatic heterocycles. The van der Waals surface area contributed by atoms with E-state index in [1.165, 1.54) is 0 Å². The van der Waals surface area contributed by atoms with Gasteiger partial charge in [0.15, 0.2) is 11.9 Å². The van der Waals surface area contributed by atoms with Crippen LogP contribution < -0.4 is 5.73 Å². The number of aromatic hydroxyl groups is 1. The van der Waals surface area contributed by atoms with Gasteiger partial charge in [-0.25, -0.2) is 0 Å². The normalized spacial score (nSPS) is 20.9.